The van der Waals surface area contributed by atoms with Gasteiger partial charge in [-0.2, -0.15) is 5.26 Å². The maximum Gasteiger partial charge on any atom is 0.230 e. The lowest BCUT2D eigenvalue weighted by Gasteiger charge is -2.19. The van der Waals surface area contributed by atoms with E-state index in [0.29, 0.717) is 17.9 Å². The SMILES string of the molecule is N#Cc1ccc(CSCC(=O)NCC(c2ccccc2)c2ccccc2)cc1. The lowest BCUT2D eigenvalue weighted by Crippen LogP contribution is -2.30. The van der Waals surface area contributed by atoms with Crippen LogP contribution in [-0.4, -0.2) is 18.2 Å². The molecule has 4 heteroatoms. The third-order valence-corrected chi connectivity index (χ3v) is 5.50. The number of benzene rings is 3. The molecule has 0 fully saturated rings. The average Bonchev–Trinajstić information content (AvgIpc) is 2.76. The second-order valence-corrected chi connectivity index (χ2v) is 7.47. The molecule has 140 valence electrons. The summed E-state index contributed by atoms with van der Waals surface area (Å²) >= 11 is 1.58. The molecule has 0 aliphatic carbocycles. The van der Waals surface area contributed by atoms with E-state index in [4.69, 9.17) is 5.26 Å². The predicted octanol–water partition coefficient (Wildman–Crippen LogP) is 4.74. The van der Waals surface area contributed by atoms with Gasteiger partial charge in [0.05, 0.1) is 17.4 Å². The van der Waals surface area contributed by atoms with E-state index in [0.717, 1.165) is 11.3 Å². The third kappa shape index (κ3) is 5.73. The van der Waals surface area contributed by atoms with Gasteiger partial charge in [-0.25, -0.2) is 0 Å². The van der Waals surface area contributed by atoms with Gasteiger partial charge in [0, 0.05) is 18.2 Å². The number of nitrogens with one attached hydrogen (secondary N) is 1. The number of carbonyl (C=O) groups is 1. The summed E-state index contributed by atoms with van der Waals surface area (Å²) in [5.41, 5.74) is 4.15. The molecule has 0 radical (unpaired) electrons. The molecule has 0 spiro atoms. The van der Waals surface area contributed by atoms with Gasteiger partial charge in [-0.05, 0) is 28.8 Å². The number of hydrogen-bond donors (Lipinski definition) is 1. The van der Waals surface area contributed by atoms with Gasteiger partial charge in [-0.3, -0.25) is 4.79 Å². The zero-order valence-electron chi connectivity index (χ0n) is 15.5. The lowest BCUT2D eigenvalue weighted by molar-refractivity contribution is -0.118. The van der Waals surface area contributed by atoms with E-state index >= 15 is 0 Å². The predicted molar refractivity (Wildman–Crippen MR) is 115 cm³/mol. The lowest BCUT2D eigenvalue weighted by atomic mass is 9.91. The fourth-order valence-corrected chi connectivity index (χ4v) is 3.82. The van der Waals surface area contributed by atoms with Crippen LogP contribution in [0, 0.1) is 11.3 Å². The maximum absolute atomic E-state index is 12.3. The summed E-state index contributed by atoms with van der Waals surface area (Å²) in [5.74, 6) is 1.33. The van der Waals surface area contributed by atoms with E-state index in [2.05, 4.69) is 35.7 Å². The standard InChI is InChI=1S/C24H22N2OS/c25-15-19-11-13-20(14-12-19)17-28-18-24(27)26-16-23(21-7-3-1-4-8-21)22-9-5-2-6-10-22/h1-14,23H,16-18H2,(H,26,27). The quantitative estimate of drug-likeness (QED) is 0.608. The molecular weight excluding hydrogens is 364 g/mol. The van der Waals surface area contributed by atoms with E-state index in [1.54, 1.807) is 23.9 Å². The van der Waals surface area contributed by atoms with Crippen molar-refractivity contribution in [3.05, 3.63) is 107 Å². The molecule has 28 heavy (non-hydrogen) atoms. The second kappa shape index (κ2) is 10.3. The van der Waals surface area contributed by atoms with Crippen LogP contribution in [0.2, 0.25) is 0 Å². The normalized spacial score (nSPS) is 10.4. The molecule has 0 atom stereocenters. The highest BCUT2D eigenvalue weighted by Gasteiger charge is 2.15. The van der Waals surface area contributed by atoms with Crippen LogP contribution >= 0.6 is 11.8 Å². The summed E-state index contributed by atoms with van der Waals surface area (Å²) in [6.45, 7) is 0.574. The smallest absolute Gasteiger partial charge is 0.230 e. The largest absolute Gasteiger partial charge is 0.354 e. The van der Waals surface area contributed by atoms with Gasteiger partial charge >= 0.3 is 0 Å². The Morgan fingerprint density at radius 2 is 1.46 bits per heavy atom. The first-order chi connectivity index (χ1) is 13.8. The Balaban J connectivity index is 1.53. The van der Waals surface area contributed by atoms with Crippen LogP contribution in [0.4, 0.5) is 0 Å². The van der Waals surface area contributed by atoms with Crippen LogP contribution in [0.3, 0.4) is 0 Å². The Morgan fingerprint density at radius 3 is 2.00 bits per heavy atom. The van der Waals surface area contributed by atoms with Gasteiger partial charge in [-0.1, -0.05) is 72.8 Å². The minimum Gasteiger partial charge on any atom is -0.354 e. The maximum atomic E-state index is 12.3. The molecule has 3 aromatic carbocycles. The molecule has 0 saturated carbocycles. The highest BCUT2D eigenvalue weighted by Crippen LogP contribution is 2.23. The summed E-state index contributed by atoms with van der Waals surface area (Å²) in [4.78, 5) is 12.3. The fourth-order valence-electron chi connectivity index (χ4n) is 3.00. The van der Waals surface area contributed by atoms with Crippen molar-refractivity contribution < 1.29 is 4.79 Å². The van der Waals surface area contributed by atoms with Crippen molar-refractivity contribution in [1.82, 2.24) is 5.32 Å². The minimum absolute atomic E-state index is 0.0375. The molecule has 0 aromatic heterocycles. The van der Waals surface area contributed by atoms with Crippen LogP contribution in [-0.2, 0) is 10.5 Å². The Labute approximate surface area is 170 Å². The number of nitrogens with zero attached hydrogens (tertiary/aromatic N) is 1. The van der Waals surface area contributed by atoms with Crippen molar-refractivity contribution in [3.8, 4) is 6.07 Å². The second-order valence-electron chi connectivity index (χ2n) is 6.48. The van der Waals surface area contributed by atoms with Crippen molar-refractivity contribution in [3.63, 3.8) is 0 Å². The van der Waals surface area contributed by atoms with Gasteiger partial charge in [0.25, 0.3) is 0 Å². The third-order valence-electron chi connectivity index (χ3n) is 4.49. The van der Waals surface area contributed by atoms with Crippen molar-refractivity contribution in [2.75, 3.05) is 12.3 Å². The minimum atomic E-state index is 0.0375. The monoisotopic (exact) mass is 386 g/mol. The van der Waals surface area contributed by atoms with E-state index < -0.39 is 0 Å². The summed E-state index contributed by atoms with van der Waals surface area (Å²) in [5, 5.41) is 11.9. The molecule has 3 aromatic rings. The van der Waals surface area contributed by atoms with E-state index in [-0.39, 0.29) is 11.8 Å². The topological polar surface area (TPSA) is 52.9 Å². The van der Waals surface area contributed by atoms with Gasteiger partial charge in [0.1, 0.15) is 0 Å². The molecule has 1 amide bonds. The number of carbonyl (C=O) groups excluding carboxylic acids is 1. The Kier molecular flexibility index (Phi) is 7.29. The number of rotatable bonds is 8. The van der Waals surface area contributed by atoms with Gasteiger partial charge < -0.3 is 5.32 Å². The average molecular weight is 387 g/mol. The molecular formula is C24H22N2OS. The van der Waals surface area contributed by atoms with Crippen LogP contribution < -0.4 is 5.32 Å². The van der Waals surface area contributed by atoms with Crippen molar-refractivity contribution >= 4 is 17.7 Å². The number of amides is 1. The van der Waals surface area contributed by atoms with E-state index in [1.165, 1.54) is 11.1 Å². The van der Waals surface area contributed by atoms with Crippen LogP contribution in [0.5, 0.6) is 0 Å². The molecule has 0 saturated heterocycles. The van der Waals surface area contributed by atoms with Crippen molar-refractivity contribution in [2.24, 2.45) is 0 Å². The highest BCUT2D eigenvalue weighted by atomic mass is 32.2. The van der Waals surface area contributed by atoms with Crippen LogP contribution in [0.1, 0.15) is 28.2 Å². The number of nitriles is 1. The van der Waals surface area contributed by atoms with Crippen LogP contribution in [0.15, 0.2) is 84.9 Å². The molecule has 1 N–H and O–H groups in total. The van der Waals surface area contributed by atoms with E-state index in [1.807, 2.05) is 48.5 Å². The van der Waals surface area contributed by atoms with Gasteiger partial charge in [0.2, 0.25) is 5.91 Å². The molecule has 3 nitrogen and oxygen atoms in total. The highest BCUT2D eigenvalue weighted by molar-refractivity contribution is 7.99. The first-order valence-electron chi connectivity index (χ1n) is 9.19. The Morgan fingerprint density at radius 1 is 0.893 bits per heavy atom. The summed E-state index contributed by atoms with van der Waals surface area (Å²) in [7, 11) is 0. The molecule has 0 bridgehead atoms. The Hall–Kier alpha value is -3.03. The van der Waals surface area contributed by atoms with Crippen molar-refractivity contribution in [2.45, 2.75) is 11.7 Å². The Bertz CT molecular complexity index is 879. The number of hydrogen-bond acceptors (Lipinski definition) is 3. The molecule has 0 aliphatic heterocycles. The molecule has 0 aliphatic rings. The summed E-state index contributed by atoms with van der Waals surface area (Å²) < 4.78 is 0. The number of thioether (sulfide) groups is 1. The summed E-state index contributed by atoms with van der Waals surface area (Å²) in [6, 6.07) is 30.1. The first kappa shape index (κ1) is 19.7. The molecule has 0 unspecified atom stereocenters. The summed E-state index contributed by atoms with van der Waals surface area (Å²) in [6.07, 6.45) is 0. The van der Waals surface area contributed by atoms with Gasteiger partial charge in [-0.15, -0.1) is 11.8 Å². The fraction of sp³-hybridized carbons (Fsp3) is 0.167. The first-order valence-corrected chi connectivity index (χ1v) is 10.3. The zero-order chi connectivity index (χ0) is 19.6. The van der Waals surface area contributed by atoms with Gasteiger partial charge in [0.15, 0.2) is 0 Å². The van der Waals surface area contributed by atoms with Crippen molar-refractivity contribution in [1.29, 1.82) is 5.26 Å². The zero-order valence-corrected chi connectivity index (χ0v) is 16.4. The molecule has 3 rings (SSSR count). The van der Waals surface area contributed by atoms with Crippen LogP contribution in [0.25, 0.3) is 0 Å². The molecule has 0 heterocycles. The van der Waals surface area contributed by atoms with E-state index in [9.17, 15) is 4.79 Å².